The molecule has 0 heterocycles. The number of hydrogen-bond donors (Lipinski definition) is 1. The number of nitro benzene ring substituents is 1. The molecular formula is C13H17FN2O5. The minimum atomic E-state index is -1.00. The van der Waals surface area contributed by atoms with Crippen LogP contribution in [0.2, 0.25) is 0 Å². The molecule has 0 aliphatic heterocycles. The first-order valence-corrected chi connectivity index (χ1v) is 6.26. The number of nitrogens with zero attached hydrogens (tertiary/aromatic N) is 1. The smallest absolute Gasteiger partial charge is 0.340 e. The normalized spacial score (nSPS) is 11.8. The van der Waals surface area contributed by atoms with E-state index in [1.807, 2.05) is 6.92 Å². The van der Waals surface area contributed by atoms with Crippen LogP contribution in [-0.2, 0) is 9.47 Å². The number of rotatable bonds is 7. The maximum atomic E-state index is 13.7. The highest BCUT2D eigenvalue weighted by Crippen LogP contribution is 2.29. The Morgan fingerprint density at radius 3 is 2.62 bits per heavy atom. The maximum Gasteiger partial charge on any atom is 0.340 e. The highest BCUT2D eigenvalue weighted by molar-refractivity contribution is 5.92. The molecule has 7 nitrogen and oxygen atoms in total. The Hall–Kier alpha value is -2.22. The van der Waals surface area contributed by atoms with Gasteiger partial charge in [0, 0.05) is 13.2 Å². The van der Waals surface area contributed by atoms with Gasteiger partial charge in [-0.05, 0) is 12.5 Å². The summed E-state index contributed by atoms with van der Waals surface area (Å²) in [7, 11) is 2.61. The van der Waals surface area contributed by atoms with Crippen LogP contribution in [0.4, 0.5) is 15.8 Å². The molecule has 0 aromatic heterocycles. The van der Waals surface area contributed by atoms with E-state index in [9.17, 15) is 19.3 Å². The Balaban J connectivity index is 3.25. The van der Waals surface area contributed by atoms with E-state index in [1.54, 1.807) is 0 Å². The van der Waals surface area contributed by atoms with Crippen molar-refractivity contribution in [2.75, 3.05) is 26.1 Å². The van der Waals surface area contributed by atoms with Crippen molar-refractivity contribution >= 4 is 17.3 Å². The summed E-state index contributed by atoms with van der Waals surface area (Å²) in [5.41, 5.74) is -0.765. The second-order valence-electron chi connectivity index (χ2n) is 4.30. The molecule has 1 unspecified atom stereocenters. The molecule has 1 aromatic rings. The van der Waals surface area contributed by atoms with Crippen LogP contribution in [0.3, 0.4) is 0 Å². The van der Waals surface area contributed by atoms with Gasteiger partial charge >= 0.3 is 5.97 Å². The first-order valence-electron chi connectivity index (χ1n) is 6.26. The Morgan fingerprint density at radius 2 is 2.14 bits per heavy atom. The van der Waals surface area contributed by atoms with Crippen LogP contribution >= 0.6 is 0 Å². The van der Waals surface area contributed by atoms with Gasteiger partial charge in [0.05, 0.1) is 30.3 Å². The Kier molecular flexibility index (Phi) is 6.04. The number of halogens is 1. The fourth-order valence-corrected chi connectivity index (χ4v) is 1.78. The second kappa shape index (κ2) is 7.53. The van der Waals surface area contributed by atoms with Crippen LogP contribution < -0.4 is 5.32 Å². The molecule has 1 N–H and O–H groups in total. The fraction of sp³-hybridized carbons (Fsp3) is 0.462. The predicted octanol–water partition coefficient (Wildman–Crippen LogP) is 2.36. The van der Waals surface area contributed by atoms with Crippen LogP contribution in [0.1, 0.15) is 23.7 Å². The number of ether oxygens (including phenoxy) is 2. The summed E-state index contributed by atoms with van der Waals surface area (Å²) in [6.45, 7) is 2.19. The lowest BCUT2D eigenvalue weighted by atomic mass is 10.1. The number of hydrogen-bond acceptors (Lipinski definition) is 6. The van der Waals surface area contributed by atoms with Gasteiger partial charge in [-0.2, -0.15) is 0 Å². The van der Waals surface area contributed by atoms with E-state index in [1.165, 1.54) is 7.11 Å². The van der Waals surface area contributed by atoms with E-state index < -0.39 is 22.4 Å². The molecule has 21 heavy (non-hydrogen) atoms. The van der Waals surface area contributed by atoms with Gasteiger partial charge in [0.25, 0.3) is 5.69 Å². The zero-order chi connectivity index (χ0) is 16.0. The van der Waals surface area contributed by atoms with E-state index in [-0.39, 0.29) is 17.3 Å². The summed E-state index contributed by atoms with van der Waals surface area (Å²) in [4.78, 5) is 21.8. The quantitative estimate of drug-likeness (QED) is 0.472. The van der Waals surface area contributed by atoms with Gasteiger partial charge < -0.3 is 14.8 Å². The molecule has 0 aliphatic carbocycles. The minimum Gasteiger partial charge on any atom is -0.465 e. The number of methoxy groups -OCH3 is 2. The molecule has 0 amide bonds. The van der Waals surface area contributed by atoms with Crippen LogP contribution in [0.25, 0.3) is 0 Å². The molecule has 0 bridgehead atoms. The van der Waals surface area contributed by atoms with Crippen molar-refractivity contribution < 1.29 is 23.6 Å². The van der Waals surface area contributed by atoms with Gasteiger partial charge in [-0.3, -0.25) is 10.1 Å². The molecule has 116 valence electrons. The highest BCUT2D eigenvalue weighted by Gasteiger charge is 2.23. The fourth-order valence-electron chi connectivity index (χ4n) is 1.78. The van der Waals surface area contributed by atoms with Crippen molar-refractivity contribution in [1.29, 1.82) is 0 Å². The molecule has 0 fully saturated rings. The van der Waals surface area contributed by atoms with Gasteiger partial charge in [0.15, 0.2) is 0 Å². The van der Waals surface area contributed by atoms with Crippen molar-refractivity contribution in [3.05, 3.63) is 33.6 Å². The molecular weight excluding hydrogens is 283 g/mol. The third kappa shape index (κ3) is 4.12. The zero-order valence-electron chi connectivity index (χ0n) is 12.0. The Labute approximate surface area is 121 Å². The summed E-state index contributed by atoms with van der Waals surface area (Å²) < 4.78 is 23.2. The molecule has 0 radical (unpaired) electrons. The number of esters is 1. The van der Waals surface area contributed by atoms with Gasteiger partial charge in [0.2, 0.25) is 0 Å². The second-order valence-corrected chi connectivity index (χ2v) is 4.30. The average Bonchev–Trinajstić information content (AvgIpc) is 2.46. The molecule has 8 heteroatoms. The summed E-state index contributed by atoms with van der Waals surface area (Å²) in [5, 5.41) is 13.9. The summed E-state index contributed by atoms with van der Waals surface area (Å²) >= 11 is 0. The largest absolute Gasteiger partial charge is 0.465 e. The summed E-state index contributed by atoms with van der Waals surface area (Å²) in [5.74, 6) is -1.90. The number of nitrogens with one attached hydrogen (secondary N) is 1. The van der Waals surface area contributed by atoms with Crippen molar-refractivity contribution in [1.82, 2.24) is 0 Å². The minimum absolute atomic E-state index is 0.0469. The maximum absolute atomic E-state index is 13.7. The lowest BCUT2D eigenvalue weighted by Gasteiger charge is -2.17. The van der Waals surface area contributed by atoms with Crippen molar-refractivity contribution in [2.24, 2.45) is 0 Å². The lowest BCUT2D eigenvalue weighted by Crippen LogP contribution is -2.24. The van der Waals surface area contributed by atoms with E-state index in [2.05, 4.69) is 10.1 Å². The van der Waals surface area contributed by atoms with E-state index in [4.69, 9.17) is 4.74 Å². The van der Waals surface area contributed by atoms with E-state index in [0.29, 0.717) is 19.1 Å². The zero-order valence-corrected chi connectivity index (χ0v) is 12.0. The Bertz CT molecular complexity index is 536. The Morgan fingerprint density at radius 1 is 1.48 bits per heavy atom. The van der Waals surface area contributed by atoms with Crippen LogP contribution in [0.5, 0.6) is 0 Å². The van der Waals surface area contributed by atoms with Gasteiger partial charge in [-0.25, -0.2) is 9.18 Å². The number of carbonyl (C=O) groups is 1. The highest BCUT2D eigenvalue weighted by atomic mass is 19.1. The van der Waals surface area contributed by atoms with Crippen molar-refractivity contribution in [2.45, 2.75) is 19.4 Å². The van der Waals surface area contributed by atoms with Crippen molar-refractivity contribution in [3.63, 3.8) is 0 Å². The molecule has 0 saturated heterocycles. The van der Waals surface area contributed by atoms with E-state index in [0.717, 1.165) is 13.2 Å². The molecule has 1 atom stereocenters. The summed E-state index contributed by atoms with van der Waals surface area (Å²) in [6.07, 6.45) is 0.635. The molecule has 0 spiro atoms. The predicted molar refractivity (Wildman–Crippen MR) is 74.0 cm³/mol. The van der Waals surface area contributed by atoms with Crippen LogP contribution in [0.15, 0.2) is 12.1 Å². The van der Waals surface area contributed by atoms with Crippen LogP contribution in [-0.4, -0.2) is 37.8 Å². The van der Waals surface area contributed by atoms with E-state index >= 15 is 0 Å². The lowest BCUT2D eigenvalue weighted by molar-refractivity contribution is -0.384. The SMILES string of the molecule is CCC(COC)Nc1cc(C(=O)OC)c(F)cc1[N+](=O)[O-]. The summed E-state index contributed by atoms with van der Waals surface area (Å²) in [6, 6.07) is 1.58. The number of nitro groups is 1. The van der Waals surface area contributed by atoms with Gasteiger partial charge in [0.1, 0.15) is 11.5 Å². The number of benzene rings is 1. The molecule has 0 aliphatic rings. The first-order chi connectivity index (χ1) is 9.94. The van der Waals surface area contributed by atoms with Crippen molar-refractivity contribution in [3.8, 4) is 0 Å². The van der Waals surface area contributed by atoms with Crippen LogP contribution in [0, 0.1) is 15.9 Å². The molecule has 0 saturated carbocycles. The third-order valence-electron chi connectivity index (χ3n) is 2.91. The number of carbonyl (C=O) groups excluding carboxylic acids is 1. The first kappa shape index (κ1) is 16.8. The van der Waals surface area contributed by atoms with Gasteiger partial charge in [-0.15, -0.1) is 0 Å². The molecule has 1 aromatic carbocycles. The number of anilines is 1. The standard InChI is InChI=1S/C13H17FN2O5/c1-4-8(7-20-2)15-11-5-9(13(17)21-3)10(14)6-12(11)16(18)19/h5-6,8,15H,4,7H2,1-3H3. The third-order valence-corrected chi connectivity index (χ3v) is 2.91. The monoisotopic (exact) mass is 300 g/mol. The molecule has 1 rings (SSSR count). The topological polar surface area (TPSA) is 90.7 Å². The average molecular weight is 300 g/mol. The van der Waals surface area contributed by atoms with Gasteiger partial charge in [-0.1, -0.05) is 6.92 Å².